The molecule has 86 valence electrons. The number of benzene rings is 1. The average Bonchev–Trinajstić information content (AvgIpc) is 2.35. The molecule has 1 aromatic carbocycles. The van der Waals surface area contributed by atoms with Gasteiger partial charge in [0.05, 0.1) is 5.69 Å². The van der Waals surface area contributed by atoms with Gasteiger partial charge in [-0.25, -0.2) is 0 Å². The lowest BCUT2D eigenvalue weighted by molar-refractivity contribution is 0.454. The van der Waals surface area contributed by atoms with Gasteiger partial charge in [-0.15, -0.1) is 5.10 Å². The lowest BCUT2D eigenvalue weighted by atomic mass is 10.2. The quantitative estimate of drug-likeness (QED) is 0.801. The highest BCUT2D eigenvalue weighted by Gasteiger charge is 1.98. The van der Waals surface area contributed by atoms with E-state index in [0.717, 1.165) is 17.0 Å². The van der Waals surface area contributed by atoms with Crippen molar-refractivity contribution in [2.24, 2.45) is 0 Å². The van der Waals surface area contributed by atoms with E-state index in [2.05, 4.69) is 10.2 Å². The van der Waals surface area contributed by atoms with Gasteiger partial charge >= 0.3 is 0 Å². The van der Waals surface area contributed by atoms with E-state index in [1.54, 1.807) is 0 Å². The standard InChI is InChI=1S/C14H14N2O/c1-3-4-12-6-8-13(9-7-12)17-14-10-5-11(2)15-16-14/h3-10H,1-2H3/b4-3+. The molecule has 1 aromatic heterocycles. The summed E-state index contributed by atoms with van der Waals surface area (Å²) < 4.78 is 5.57. The first-order valence-electron chi connectivity index (χ1n) is 5.49. The Morgan fingerprint density at radius 2 is 1.76 bits per heavy atom. The number of aryl methyl sites for hydroxylation is 1. The summed E-state index contributed by atoms with van der Waals surface area (Å²) in [6.45, 7) is 3.88. The number of hydrogen-bond donors (Lipinski definition) is 0. The van der Waals surface area contributed by atoms with E-state index in [1.165, 1.54) is 0 Å². The number of rotatable bonds is 3. The fraction of sp³-hybridized carbons (Fsp3) is 0.143. The van der Waals surface area contributed by atoms with Crippen LogP contribution in [0.15, 0.2) is 42.5 Å². The van der Waals surface area contributed by atoms with Crippen molar-refractivity contribution in [1.29, 1.82) is 0 Å². The molecule has 0 aliphatic carbocycles. The Morgan fingerprint density at radius 3 is 2.35 bits per heavy atom. The van der Waals surface area contributed by atoms with E-state index < -0.39 is 0 Å². The Balaban J connectivity index is 2.11. The van der Waals surface area contributed by atoms with Crippen molar-refractivity contribution in [3.8, 4) is 11.6 Å². The van der Waals surface area contributed by atoms with E-state index in [0.29, 0.717) is 5.88 Å². The summed E-state index contributed by atoms with van der Waals surface area (Å²) in [4.78, 5) is 0. The second-order valence-electron chi connectivity index (χ2n) is 3.68. The van der Waals surface area contributed by atoms with Gasteiger partial charge in [0.1, 0.15) is 5.75 Å². The van der Waals surface area contributed by atoms with E-state index in [9.17, 15) is 0 Å². The highest BCUT2D eigenvalue weighted by atomic mass is 16.5. The minimum atomic E-state index is 0.509. The molecule has 3 nitrogen and oxygen atoms in total. The SMILES string of the molecule is C/C=C/c1ccc(Oc2ccc(C)nn2)cc1. The molecule has 0 bridgehead atoms. The van der Waals surface area contributed by atoms with E-state index in [-0.39, 0.29) is 0 Å². The molecule has 0 unspecified atom stereocenters. The van der Waals surface area contributed by atoms with Gasteiger partial charge in [-0.05, 0) is 37.6 Å². The monoisotopic (exact) mass is 226 g/mol. The summed E-state index contributed by atoms with van der Waals surface area (Å²) in [5.74, 6) is 1.27. The minimum Gasteiger partial charge on any atom is -0.438 e. The van der Waals surface area contributed by atoms with Crippen LogP contribution in [0, 0.1) is 6.92 Å². The minimum absolute atomic E-state index is 0.509. The van der Waals surface area contributed by atoms with Gasteiger partial charge in [-0.1, -0.05) is 24.3 Å². The van der Waals surface area contributed by atoms with Crippen molar-refractivity contribution < 1.29 is 4.74 Å². The molecule has 0 aliphatic rings. The Bertz CT molecular complexity index is 501. The van der Waals surface area contributed by atoms with Crippen LogP contribution in [0.2, 0.25) is 0 Å². The van der Waals surface area contributed by atoms with Crippen LogP contribution in [-0.2, 0) is 0 Å². The van der Waals surface area contributed by atoms with Crippen LogP contribution in [-0.4, -0.2) is 10.2 Å². The Labute approximate surface area is 101 Å². The lowest BCUT2D eigenvalue weighted by Crippen LogP contribution is -1.91. The lowest BCUT2D eigenvalue weighted by Gasteiger charge is -2.04. The third kappa shape index (κ3) is 3.14. The Kier molecular flexibility index (Phi) is 3.50. The molecule has 2 rings (SSSR count). The van der Waals surface area contributed by atoms with Gasteiger partial charge < -0.3 is 4.74 Å². The van der Waals surface area contributed by atoms with Crippen molar-refractivity contribution in [2.45, 2.75) is 13.8 Å². The summed E-state index contributed by atoms with van der Waals surface area (Å²) in [5.41, 5.74) is 2.02. The molecule has 0 saturated carbocycles. The van der Waals surface area contributed by atoms with Crippen molar-refractivity contribution in [2.75, 3.05) is 0 Å². The number of allylic oxidation sites excluding steroid dienone is 1. The molecule has 0 N–H and O–H groups in total. The molecule has 0 atom stereocenters. The normalized spacial score (nSPS) is 10.7. The van der Waals surface area contributed by atoms with Gasteiger partial charge in [0, 0.05) is 6.07 Å². The van der Waals surface area contributed by atoms with Crippen molar-refractivity contribution in [3.05, 3.63) is 53.7 Å². The first-order valence-corrected chi connectivity index (χ1v) is 5.49. The zero-order valence-corrected chi connectivity index (χ0v) is 9.92. The van der Waals surface area contributed by atoms with Crippen LogP contribution >= 0.6 is 0 Å². The second kappa shape index (κ2) is 5.25. The molecule has 17 heavy (non-hydrogen) atoms. The van der Waals surface area contributed by atoms with Crippen molar-refractivity contribution in [1.82, 2.24) is 10.2 Å². The molecule has 1 heterocycles. The van der Waals surface area contributed by atoms with Crippen molar-refractivity contribution in [3.63, 3.8) is 0 Å². The topological polar surface area (TPSA) is 35.0 Å². The summed E-state index contributed by atoms with van der Waals surface area (Å²) in [6.07, 6.45) is 4.04. The van der Waals surface area contributed by atoms with Crippen LogP contribution in [0.25, 0.3) is 6.08 Å². The third-order valence-electron chi connectivity index (χ3n) is 2.24. The van der Waals surface area contributed by atoms with Crippen LogP contribution in [0.5, 0.6) is 11.6 Å². The molecule has 3 heteroatoms. The third-order valence-corrected chi connectivity index (χ3v) is 2.24. The van der Waals surface area contributed by atoms with Crippen LogP contribution < -0.4 is 4.74 Å². The van der Waals surface area contributed by atoms with Crippen LogP contribution in [0.1, 0.15) is 18.2 Å². The number of hydrogen-bond acceptors (Lipinski definition) is 3. The molecule has 0 fully saturated rings. The summed E-state index contributed by atoms with van der Waals surface area (Å²) in [6, 6.07) is 11.5. The van der Waals surface area contributed by atoms with Crippen LogP contribution in [0.4, 0.5) is 0 Å². The average molecular weight is 226 g/mol. The van der Waals surface area contributed by atoms with Gasteiger partial charge in [-0.3, -0.25) is 0 Å². The summed E-state index contributed by atoms with van der Waals surface area (Å²) in [7, 11) is 0. The molecule has 2 aromatic rings. The van der Waals surface area contributed by atoms with Gasteiger partial charge in [-0.2, -0.15) is 5.10 Å². The number of ether oxygens (including phenoxy) is 1. The largest absolute Gasteiger partial charge is 0.438 e. The maximum Gasteiger partial charge on any atom is 0.238 e. The summed E-state index contributed by atoms with van der Waals surface area (Å²) >= 11 is 0. The Hall–Kier alpha value is -2.16. The first kappa shape index (κ1) is 11.3. The predicted octanol–water partition coefficient (Wildman–Crippen LogP) is 3.61. The zero-order chi connectivity index (χ0) is 12.1. The van der Waals surface area contributed by atoms with E-state index in [4.69, 9.17) is 4.74 Å². The van der Waals surface area contributed by atoms with Gasteiger partial charge in [0.15, 0.2) is 0 Å². The highest BCUT2D eigenvalue weighted by Crippen LogP contribution is 2.19. The zero-order valence-electron chi connectivity index (χ0n) is 9.92. The molecule has 0 radical (unpaired) electrons. The molecule has 0 amide bonds. The van der Waals surface area contributed by atoms with Crippen molar-refractivity contribution >= 4 is 6.08 Å². The first-order chi connectivity index (χ1) is 8.28. The van der Waals surface area contributed by atoms with E-state index >= 15 is 0 Å². The van der Waals surface area contributed by atoms with Gasteiger partial charge in [0.25, 0.3) is 0 Å². The molecule has 0 aliphatic heterocycles. The predicted molar refractivity (Wildman–Crippen MR) is 68.0 cm³/mol. The fourth-order valence-corrected chi connectivity index (χ4v) is 1.40. The van der Waals surface area contributed by atoms with Gasteiger partial charge in [0.2, 0.25) is 5.88 Å². The highest BCUT2D eigenvalue weighted by molar-refractivity contribution is 5.50. The second-order valence-corrected chi connectivity index (χ2v) is 3.68. The number of nitrogens with zero attached hydrogens (tertiary/aromatic N) is 2. The maximum absolute atomic E-state index is 5.57. The molecule has 0 saturated heterocycles. The Morgan fingerprint density at radius 1 is 1.00 bits per heavy atom. The summed E-state index contributed by atoms with van der Waals surface area (Å²) in [5, 5.41) is 7.88. The fourth-order valence-electron chi connectivity index (χ4n) is 1.40. The number of aromatic nitrogens is 2. The van der Waals surface area contributed by atoms with Crippen LogP contribution in [0.3, 0.4) is 0 Å². The molecular weight excluding hydrogens is 212 g/mol. The molecular formula is C14H14N2O. The van der Waals surface area contributed by atoms with E-state index in [1.807, 2.05) is 62.4 Å². The molecule has 0 spiro atoms. The maximum atomic E-state index is 5.57. The smallest absolute Gasteiger partial charge is 0.238 e.